The van der Waals surface area contributed by atoms with E-state index in [0.717, 1.165) is 29.4 Å². The van der Waals surface area contributed by atoms with Crippen molar-refractivity contribution in [1.82, 2.24) is 0 Å². The van der Waals surface area contributed by atoms with Crippen LogP contribution in [0.25, 0.3) is 0 Å². The lowest BCUT2D eigenvalue weighted by molar-refractivity contribution is -0.114. The number of Topliss-reactive ketones (excluding diaryl/α,β-unsaturated/α-hetero) is 1. The summed E-state index contributed by atoms with van der Waals surface area (Å²) < 4.78 is 0.827. The molecular formula is C13H14BrNO2. The Morgan fingerprint density at radius 2 is 2.00 bits per heavy atom. The third kappa shape index (κ3) is 2.27. The first-order chi connectivity index (χ1) is 8.15. The summed E-state index contributed by atoms with van der Waals surface area (Å²) in [6.45, 7) is 2.75. The Hall–Kier alpha value is -1.16. The van der Waals surface area contributed by atoms with Crippen molar-refractivity contribution < 1.29 is 9.59 Å². The molecule has 4 heteroatoms. The molecule has 0 saturated heterocycles. The van der Waals surface area contributed by atoms with Crippen LogP contribution in [0.2, 0.25) is 0 Å². The molecule has 0 fully saturated rings. The summed E-state index contributed by atoms with van der Waals surface area (Å²) in [7, 11) is 0. The van der Waals surface area contributed by atoms with E-state index < -0.39 is 11.7 Å². The minimum Gasteiger partial charge on any atom is -0.305 e. The average molecular weight is 296 g/mol. The van der Waals surface area contributed by atoms with E-state index in [9.17, 15) is 9.59 Å². The Kier molecular flexibility index (Phi) is 3.62. The van der Waals surface area contributed by atoms with Crippen LogP contribution in [0.15, 0.2) is 22.7 Å². The van der Waals surface area contributed by atoms with Gasteiger partial charge in [0, 0.05) is 11.0 Å². The molecule has 0 saturated carbocycles. The van der Waals surface area contributed by atoms with Crippen LogP contribution in [0.1, 0.15) is 36.5 Å². The van der Waals surface area contributed by atoms with Crippen LogP contribution < -0.4 is 4.90 Å². The van der Waals surface area contributed by atoms with Crippen molar-refractivity contribution in [3.05, 3.63) is 28.2 Å². The average Bonchev–Trinajstić information content (AvgIpc) is 2.54. The molecule has 1 aliphatic heterocycles. The third-order valence-corrected chi connectivity index (χ3v) is 3.41. The standard InChI is InChI=1S/C13H14BrNO2/c1-2-3-4-7-15-11-6-5-9(14)8-10(11)12(16)13(15)17/h5-6,8H,2-4,7H2,1H3. The fraction of sp³-hybridized carbons (Fsp3) is 0.385. The van der Waals surface area contributed by atoms with Crippen LogP contribution in [-0.4, -0.2) is 18.2 Å². The molecule has 17 heavy (non-hydrogen) atoms. The number of carbonyl (C=O) groups is 2. The van der Waals surface area contributed by atoms with E-state index in [2.05, 4.69) is 22.9 Å². The number of ketones is 1. The van der Waals surface area contributed by atoms with Crippen LogP contribution in [0.3, 0.4) is 0 Å². The Labute approximate surface area is 109 Å². The number of halogens is 1. The van der Waals surface area contributed by atoms with Gasteiger partial charge in [-0.05, 0) is 24.6 Å². The first kappa shape index (κ1) is 12.3. The lowest BCUT2D eigenvalue weighted by Gasteiger charge is -2.15. The number of benzene rings is 1. The van der Waals surface area contributed by atoms with Crippen LogP contribution in [-0.2, 0) is 4.79 Å². The number of amides is 1. The maximum Gasteiger partial charge on any atom is 0.299 e. The lowest BCUT2D eigenvalue weighted by Crippen LogP contribution is -2.30. The molecule has 1 aromatic carbocycles. The SMILES string of the molecule is CCCCCN1C(=O)C(=O)c2cc(Br)ccc21. The molecule has 1 amide bonds. The first-order valence-corrected chi connectivity index (χ1v) is 6.60. The Bertz CT molecular complexity index is 470. The van der Waals surface area contributed by atoms with Crippen molar-refractivity contribution in [3.63, 3.8) is 0 Å². The minimum atomic E-state index is -0.394. The summed E-state index contributed by atoms with van der Waals surface area (Å²) in [4.78, 5) is 25.2. The highest BCUT2D eigenvalue weighted by Crippen LogP contribution is 2.31. The van der Waals surface area contributed by atoms with Crippen molar-refractivity contribution in [3.8, 4) is 0 Å². The maximum atomic E-state index is 11.8. The number of nitrogens with zero attached hydrogens (tertiary/aromatic N) is 1. The number of hydrogen-bond acceptors (Lipinski definition) is 2. The van der Waals surface area contributed by atoms with E-state index in [-0.39, 0.29) is 0 Å². The molecule has 90 valence electrons. The van der Waals surface area contributed by atoms with Gasteiger partial charge in [0.2, 0.25) is 0 Å². The normalized spacial score (nSPS) is 14.4. The molecule has 1 heterocycles. The number of carbonyl (C=O) groups excluding carboxylic acids is 2. The van der Waals surface area contributed by atoms with E-state index in [0.29, 0.717) is 12.1 Å². The molecule has 0 N–H and O–H groups in total. The second-order valence-electron chi connectivity index (χ2n) is 4.15. The molecule has 0 spiro atoms. The molecule has 1 aliphatic rings. The molecule has 0 atom stereocenters. The van der Waals surface area contributed by atoms with Gasteiger partial charge in [-0.1, -0.05) is 35.7 Å². The molecule has 0 aromatic heterocycles. The second-order valence-corrected chi connectivity index (χ2v) is 5.07. The number of unbranched alkanes of at least 4 members (excludes halogenated alkanes) is 2. The van der Waals surface area contributed by atoms with E-state index in [1.165, 1.54) is 0 Å². The van der Waals surface area contributed by atoms with Crippen molar-refractivity contribution in [1.29, 1.82) is 0 Å². The Morgan fingerprint density at radius 1 is 1.24 bits per heavy atom. The zero-order chi connectivity index (χ0) is 12.4. The van der Waals surface area contributed by atoms with Crippen molar-refractivity contribution in [2.45, 2.75) is 26.2 Å². The first-order valence-electron chi connectivity index (χ1n) is 5.81. The predicted molar refractivity (Wildman–Crippen MR) is 70.4 cm³/mol. The van der Waals surface area contributed by atoms with E-state index in [1.54, 1.807) is 11.0 Å². The summed E-state index contributed by atoms with van der Waals surface area (Å²) in [5, 5.41) is 0. The fourth-order valence-electron chi connectivity index (χ4n) is 2.01. The van der Waals surface area contributed by atoms with Crippen molar-refractivity contribution >= 4 is 33.3 Å². The second kappa shape index (κ2) is 5.00. The van der Waals surface area contributed by atoms with Gasteiger partial charge in [0.25, 0.3) is 11.7 Å². The molecule has 3 nitrogen and oxygen atoms in total. The lowest BCUT2D eigenvalue weighted by atomic mass is 10.1. The highest BCUT2D eigenvalue weighted by molar-refractivity contribution is 9.10. The topological polar surface area (TPSA) is 37.4 Å². The van der Waals surface area contributed by atoms with Crippen LogP contribution in [0.5, 0.6) is 0 Å². The Morgan fingerprint density at radius 3 is 2.71 bits per heavy atom. The van der Waals surface area contributed by atoms with Gasteiger partial charge in [0.15, 0.2) is 0 Å². The molecule has 0 aliphatic carbocycles. The summed E-state index contributed by atoms with van der Waals surface area (Å²) in [5.41, 5.74) is 1.26. The zero-order valence-electron chi connectivity index (χ0n) is 9.70. The molecule has 0 radical (unpaired) electrons. The van der Waals surface area contributed by atoms with Gasteiger partial charge in [-0.2, -0.15) is 0 Å². The quantitative estimate of drug-likeness (QED) is 0.632. The smallest absolute Gasteiger partial charge is 0.299 e. The van der Waals surface area contributed by atoms with Gasteiger partial charge >= 0.3 is 0 Å². The summed E-state index contributed by atoms with van der Waals surface area (Å²) in [6.07, 6.45) is 3.11. The predicted octanol–water partition coefficient (Wildman–Crippen LogP) is 3.17. The minimum absolute atomic E-state index is 0.391. The molecule has 0 bridgehead atoms. The number of hydrogen-bond donors (Lipinski definition) is 0. The number of rotatable bonds is 4. The molecule has 1 aromatic rings. The number of fused-ring (bicyclic) bond motifs is 1. The summed E-state index contributed by atoms with van der Waals surface area (Å²) in [5.74, 6) is -0.785. The van der Waals surface area contributed by atoms with E-state index >= 15 is 0 Å². The largest absolute Gasteiger partial charge is 0.305 e. The van der Waals surface area contributed by atoms with Crippen LogP contribution in [0, 0.1) is 0 Å². The Balaban J connectivity index is 2.25. The molecule has 2 rings (SSSR count). The van der Waals surface area contributed by atoms with E-state index in [1.807, 2.05) is 12.1 Å². The van der Waals surface area contributed by atoms with Gasteiger partial charge in [-0.15, -0.1) is 0 Å². The van der Waals surface area contributed by atoms with Gasteiger partial charge in [0.1, 0.15) is 0 Å². The van der Waals surface area contributed by atoms with Crippen molar-refractivity contribution in [2.75, 3.05) is 11.4 Å². The molecule has 0 unspecified atom stereocenters. The van der Waals surface area contributed by atoms with Crippen LogP contribution >= 0.6 is 15.9 Å². The monoisotopic (exact) mass is 295 g/mol. The highest BCUT2D eigenvalue weighted by atomic mass is 79.9. The van der Waals surface area contributed by atoms with Gasteiger partial charge in [-0.25, -0.2) is 0 Å². The molecular weight excluding hydrogens is 282 g/mol. The third-order valence-electron chi connectivity index (χ3n) is 2.92. The number of anilines is 1. The maximum absolute atomic E-state index is 11.8. The van der Waals surface area contributed by atoms with Crippen LogP contribution in [0.4, 0.5) is 5.69 Å². The van der Waals surface area contributed by atoms with Gasteiger partial charge in [0.05, 0.1) is 11.3 Å². The summed E-state index contributed by atoms with van der Waals surface area (Å²) >= 11 is 3.31. The summed E-state index contributed by atoms with van der Waals surface area (Å²) in [6, 6.07) is 5.40. The highest BCUT2D eigenvalue weighted by Gasteiger charge is 2.35. The fourth-order valence-corrected chi connectivity index (χ4v) is 2.38. The van der Waals surface area contributed by atoms with Gasteiger partial charge in [-0.3, -0.25) is 9.59 Å². The van der Waals surface area contributed by atoms with E-state index in [4.69, 9.17) is 0 Å². The van der Waals surface area contributed by atoms with Gasteiger partial charge < -0.3 is 4.90 Å². The zero-order valence-corrected chi connectivity index (χ0v) is 11.3. The van der Waals surface area contributed by atoms with Crippen molar-refractivity contribution in [2.24, 2.45) is 0 Å².